The lowest BCUT2D eigenvalue weighted by molar-refractivity contribution is 0.0359. The van der Waals surface area contributed by atoms with Crippen LogP contribution in [0.1, 0.15) is 10.4 Å². The molecule has 0 aliphatic heterocycles. The summed E-state index contributed by atoms with van der Waals surface area (Å²) in [6, 6.07) is 9.72. The second kappa shape index (κ2) is 7.74. The number of thiophene rings is 1. The number of anilines is 1. The van der Waals surface area contributed by atoms with Gasteiger partial charge in [-0.3, -0.25) is 0 Å². The molecule has 1 aromatic carbocycles. The maximum atomic E-state index is 13.0. The number of halogens is 1. The summed E-state index contributed by atoms with van der Waals surface area (Å²) in [6.07, 6.45) is -0.707. The van der Waals surface area contributed by atoms with Crippen LogP contribution < -0.4 is 5.32 Å². The van der Waals surface area contributed by atoms with Crippen LogP contribution in [0.4, 0.5) is 10.1 Å². The highest BCUT2D eigenvalue weighted by molar-refractivity contribution is 7.09. The Morgan fingerprint density at radius 3 is 3.00 bits per heavy atom. The molecule has 2 N–H and O–H groups in total. The van der Waals surface area contributed by atoms with Gasteiger partial charge in [-0.05, 0) is 29.6 Å². The SMILES string of the molecule is N#Cc1cc(F)ccc1NCC(O)COCc1cccs1. The standard InChI is InChI=1S/C15H15FN2O2S/c16-12-3-4-15(11(6-12)7-17)18-8-13(19)9-20-10-14-2-1-5-21-14/h1-6,13,18-19H,8-10H2. The van der Waals surface area contributed by atoms with Crippen molar-refractivity contribution in [1.82, 2.24) is 0 Å². The van der Waals surface area contributed by atoms with E-state index in [1.807, 2.05) is 23.6 Å². The Hall–Kier alpha value is -1.94. The Bertz CT molecular complexity index is 611. The number of hydrogen-bond acceptors (Lipinski definition) is 5. The van der Waals surface area contributed by atoms with E-state index >= 15 is 0 Å². The lowest BCUT2D eigenvalue weighted by Gasteiger charge is -2.13. The number of aliphatic hydroxyl groups is 1. The number of benzene rings is 1. The zero-order chi connectivity index (χ0) is 15.1. The van der Waals surface area contributed by atoms with Crippen LogP contribution in [0.3, 0.4) is 0 Å². The quantitative estimate of drug-likeness (QED) is 0.825. The normalized spacial score (nSPS) is 11.9. The molecule has 0 aliphatic carbocycles. The van der Waals surface area contributed by atoms with Crippen molar-refractivity contribution in [1.29, 1.82) is 5.26 Å². The van der Waals surface area contributed by atoms with E-state index < -0.39 is 11.9 Å². The van der Waals surface area contributed by atoms with Crippen LogP contribution >= 0.6 is 11.3 Å². The maximum absolute atomic E-state index is 13.0. The van der Waals surface area contributed by atoms with Crippen LogP contribution in [-0.2, 0) is 11.3 Å². The Morgan fingerprint density at radius 1 is 1.43 bits per heavy atom. The van der Waals surface area contributed by atoms with Gasteiger partial charge in [-0.15, -0.1) is 11.3 Å². The van der Waals surface area contributed by atoms with Crippen molar-refractivity contribution < 1.29 is 14.2 Å². The number of ether oxygens (including phenoxy) is 1. The third-order valence-corrected chi connectivity index (χ3v) is 3.61. The summed E-state index contributed by atoms with van der Waals surface area (Å²) in [5.41, 5.74) is 0.706. The maximum Gasteiger partial charge on any atom is 0.124 e. The van der Waals surface area contributed by atoms with E-state index in [1.54, 1.807) is 11.3 Å². The number of hydrogen-bond donors (Lipinski definition) is 2. The molecule has 0 saturated carbocycles. The molecule has 21 heavy (non-hydrogen) atoms. The molecule has 0 aliphatic rings. The minimum Gasteiger partial charge on any atom is -0.389 e. The molecule has 2 aromatic rings. The van der Waals surface area contributed by atoms with Crippen LogP contribution in [0.15, 0.2) is 35.7 Å². The van der Waals surface area contributed by atoms with E-state index in [4.69, 9.17) is 10.00 Å². The molecule has 110 valence electrons. The molecule has 1 heterocycles. The molecular weight excluding hydrogens is 291 g/mol. The van der Waals surface area contributed by atoms with Crippen molar-refractivity contribution in [3.05, 3.63) is 52.0 Å². The van der Waals surface area contributed by atoms with Crippen LogP contribution in [0.2, 0.25) is 0 Å². The minimum absolute atomic E-state index is 0.188. The van der Waals surface area contributed by atoms with Crippen LogP contribution in [0, 0.1) is 17.1 Å². The number of rotatable bonds is 7. The van der Waals surface area contributed by atoms with Crippen molar-refractivity contribution >= 4 is 17.0 Å². The Labute approximate surface area is 126 Å². The fourth-order valence-corrected chi connectivity index (χ4v) is 2.38. The molecule has 0 amide bonds. The molecule has 1 unspecified atom stereocenters. The first-order chi connectivity index (χ1) is 10.2. The first kappa shape index (κ1) is 15.4. The Balaban J connectivity index is 1.76. The van der Waals surface area contributed by atoms with Crippen molar-refractivity contribution in [3.63, 3.8) is 0 Å². The third kappa shape index (κ3) is 4.83. The van der Waals surface area contributed by atoms with Gasteiger partial charge in [-0.2, -0.15) is 5.26 Å². The average Bonchev–Trinajstić information content (AvgIpc) is 2.99. The number of nitrogens with zero attached hydrogens (tertiary/aromatic N) is 1. The average molecular weight is 306 g/mol. The molecule has 0 fully saturated rings. The van der Waals surface area contributed by atoms with Gasteiger partial charge in [0.2, 0.25) is 0 Å². The highest BCUT2D eigenvalue weighted by Crippen LogP contribution is 2.16. The van der Waals surface area contributed by atoms with E-state index in [0.717, 1.165) is 10.9 Å². The molecule has 0 spiro atoms. The predicted molar refractivity (Wildman–Crippen MR) is 79.6 cm³/mol. The summed E-state index contributed by atoms with van der Waals surface area (Å²) in [5.74, 6) is -0.461. The molecular formula is C15H15FN2O2S. The van der Waals surface area contributed by atoms with Crippen LogP contribution in [0.25, 0.3) is 0 Å². The van der Waals surface area contributed by atoms with Crippen LogP contribution in [0.5, 0.6) is 0 Å². The van der Waals surface area contributed by atoms with Crippen molar-refractivity contribution in [2.24, 2.45) is 0 Å². The van der Waals surface area contributed by atoms with Gasteiger partial charge >= 0.3 is 0 Å². The Kier molecular flexibility index (Phi) is 5.69. The van der Waals surface area contributed by atoms with Crippen molar-refractivity contribution in [2.45, 2.75) is 12.7 Å². The number of nitrogens with one attached hydrogen (secondary N) is 1. The summed E-state index contributed by atoms with van der Waals surface area (Å²) >= 11 is 1.60. The summed E-state index contributed by atoms with van der Waals surface area (Å²) in [4.78, 5) is 1.10. The third-order valence-electron chi connectivity index (χ3n) is 2.76. The second-order valence-corrected chi connectivity index (χ2v) is 5.46. The largest absolute Gasteiger partial charge is 0.389 e. The molecule has 1 atom stereocenters. The van der Waals surface area contributed by atoms with E-state index in [-0.39, 0.29) is 18.7 Å². The molecule has 0 bridgehead atoms. The van der Waals surface area contributed by atoms with Crippen molar-refractivity contribution in [3.8, 4) is 6.07 Å². The van der Waals surface area contributed by atoms with E-state index in [9.17, 15) is 9.50 Å². The molecule has 4 nitrogen and oxygen atoms in total. The Morgan fingerprint density at radius 2 is 2.29 bits per heavy atom. The van der Waals surface area contributed by atoms with Gasteiger partial charge in [-0.1, -0.05) is 6.07 Å². The summed E-state index contributed by atoms with van der Waals surface area (Å²) in [5, 5.41) is 23.6. The van der Waals surface area contributed by atoms with Gasteiger partial charge < -0.3 is 15.2 Å². The molecule has 6 heteroatoms. The summed E-state index contributed by atoms with van der Waals surface area (Å²) in [7, 11) is 0. The lowest BCUT2D eigenvalue weighted by atomic mass is 10.2. The predicted octanol–water partition coefficient (Wildman–Crippen LogP) is 2.75. The second-order valence-electron chi connectivity index (χ2n) is 4.43. The number of aliphatic hydroxyl groups excluding tert-OH is 1. The highest BCUT2D eigenvalue weighted by Gasteiger charge is 2.08. The highest BCUT2D eigenvalue weighted by atomic mass is 32.1. The smallest absolute Gasteiger partial charge is 0.124 e. The molecule has 1 aromatic heterocycles. The van der Waals surface area contributed by atoms with Crippen LogP contribution in [-0.4, -0.2) is 24.4 Å². The van der Waals surface area contributed by atoms with Gasteiger partial charge in [0.05, 0.1) is 30.6 Å². The van der Waals surface area contributed by atoms with Crippen molar-refractivity contribution in [2.75, 3.05) is 18.5 Å². The topological polar surface area (TPSA) is 65.3 Å². The first-order valence-corrected chi connectivity index (χ1v) is 7.28. The van der Waals surface area contributed by atoms with E-state index in [0.29, 0.717) is 12.3 Å². The molecule has 0 saturated heterocycles. The van der Waals surface area contributed by atoms with E-state index in [2.05, 4.69) is 5.32 Å². The van der Waals surface area contributed by atoms with Gasteiger partial charge in [-0.25, -0.2) is 4.39 Å². The zero-order valence-corrected chi connectivity index (χ0v) is 12.1. The van der Waals surface area contributed by atoms with Gasteiger partial charge in [0.15, 0.2) is 0 Å². The van der Waals surface area contributed by atoms with Gasteiger partial charge in [0.25, 0.3) is 0 Å². The summed E-state index contributed by atoms with van der Waals surface area (Å²) < 4.78 is 18.4. The molecule has 0 radical (unpaired) electrons. The fraction of sp³-hybridized carbons (Fsp3) is 0.267. The van der Waals surface area contributed by atoms with Gasteiger partial charge in [0, 0.05) is 11.4 Å². The van der Waals surface area contributed by atoms with Gasteiger partial charge in [0.1, 0.15) is 11.9 Å². The fourth-order valence-electron chi connectivity index (χ4n) is 1.74. The minimum atomic E-state index is -0.707. The summed E-state index contributed by atoms with van der Waals surface area (Å²) in [6.45, 7) is 0.882. The lowest BCUT2D eigenvalue weighted by Crippen LogP contribution is -2.25. The van der Waals surface area contributed by atoms with E-state index in [1.165, 1.54) is 12.1 Å². The zero-order valence-electron chi connectivity index (χ0n) is 11.3. The first-order valence-electron chi connectivity index (χ1n) is 6.40. The number of nitriles is 1. The monoisotopic (exact) mass is 306 g/mol. The molecule has 2 rings (SSSR count).